The Labute approximate surface area is 153 Å². The summed E-state index contributed by atoms with van der Waals surface area (Å²) in [6.45, 7) is 9.73. The lowest BCUT2D eigenvalue weighted by molar-refractivity contribution is -0.184. The van der Waals surface area contributed by atoms with Crippen LogP contribution in [0.4, 0.5) is 0 Å². The molecule has 4 aliphatic rings. The molecule has 140 valence electrons. The summed E-state index contributed by atoms with van der Waals surface area (Å²) in [4.78, 5) is 12.4. The number of fused-ring (bicyclic) bond motifs is 5. The first-order valence-electron chi connectivity index (χ1n) is 10.6. The summed E-state index contributed by atoms with van der Waals surface area (Å²) < 4.78 is 0. The Bertz CT molecular complexity index is 593. The molecule has 0 aromatic heterocycles. The quantitative estimate of drug-likeness (QED) is 0.631. The average molecular weight is 345 g/mol. The molecule has 0 bridgehead atoms. The summed E-state index contributed by atoms with van der Waals surface area (Å²) in [7, 11) is 0. The molecule has 0 radical (unpaired) electrons. The smallest absolute Gasteiger partial charge is 0.310 e. The third-order valence-electron chi connectivity index (χ3n) is 9.72. The Morgan fingerprint density at radius 1 is 1.00 bits per heavy atom. The monoisotopic (exact) mass is 344 g/mol. The van der Waals surface area contributed by atoms with E-state index in [-0.39, 0.29) is 5.41 Å². The van der Waals surface area contributed by atoms with Gasteiger partial charge < -0.3 is 5.11 Å². The number of hydrogen-bond donors (Lipinski definition) is 1. The van der Waals surface area contributed by atoms with Crippen LogP contribution in [0.1, 0.15) is 79.1 Å². The van der Waals surface area contributed by atoms with Crippen LogP contribution in [0.5, 0.6) is 0 Å². The summed E-state index contributed by atoms with van der Waals surface area (Å²) in [5, 5.41) is 10.2. The van der Waals surface area contributed by atoms with E-state index in [0.717, 1.165) is 49.4 Å². The minimum Gasteiger partial charge on any atom is -0.481 e. The number of allylic oxidation sites excluding steroid dienone is 2. The highest BCUT2D eigenvalue weighted by Crippen LogP contribution is 2.70. The van der Waals surface area contributed by atoms with Crippen molar-refractivity contribution in [2.75, 3.05) is 0 Å². The molecule has 7 atom stereocenters. The molecule has 25 heavy (non-hydrogen) atoms. The Balaban J connectivity index is 1.70. The lowest BCUT2D eigenvalue weighted by atomic mass is 9.40. The van der Waals surface area contributed by atoms with Crippen LogP contribution in [0.25, 0.3) is 0 Å². The van der Waals surface area contributed by atoms with E-state index in [4.69, 9.17) is 0 Å². The van der Waals surface area contributed by atoms with Gasteiger partial charge in [0.2, 0.25) is 0 Å². The first-order valence-corrected chi connectivity index (χ1v) is 10.6. The molecule has 1 N–H and O–H groups in total. The minimum atomic E-state index is -0.530. The van der Waals surface area contributed by atoms with Gasteiger partial charge in [-0.15, -0.1) is 0 Å². The zero-order valence-corrected chi connectivity index (χ0v) is 16.6. The van der Waals surface area contributed by atoms with Crippen LogP contribution in [0.15, 0.2) is 12.2 Å². The zero-order valence-electron chi connectivity index (χ0n) is 16.6. The highest BCUT2D eigenvalue weighted by molar-refractivity contribution is 5.77. The molecule has 4 rings (SSSR count). The molecule has 0 spiro atoms. The van der Waals surface area contributed by atoms with Crippen LogP contribution < -0.4 is 0 Å². The Morgan fingerprint density at radius 3 is 2.40 bits per heavy atom. The number of hydrogen-bond acceptors (Lipinski definition) is 1. The third-order valence-corrected chi connectivity index (χ3v) is 9.72. The molecule has 0 amide bonds. The normalized spacial score (nSPS) is 51.7. The zero-order chi connectivity index (χ0) is 18.0. The molecular weight excluding hydrogens is 308 g/mol. The van der Waals surface area contributed by atoms with Crippen molar-refractivity contribution in [1.82, 2.24) is 0 Å². The van der Waals surface area contributed by atoms with Crippen molar-refractivity contribution in [2.45, 2.75) is 79.1 Å². The van der Waals surface area contributed by atoms with Gasteiger partial charge in [-0.3, -0.25) is 4.79 Å². The van der Waals surface area contributed by atoms with Crippen LogP contribution in [0, 0.1) is 45.8 Å². The molecular formula is C23H36O2. The van der Waals surface area contributed by atoms with Gasteiger partial charge in [-0.1, -0.05) is 39.8 Å². The number of rotatable bonds is 2. The Morgan fingerprint density at radius 2 is 1.72 bits per heavy atom. The van der Waals surface area contributed by atoms with Gasteiger partial charge in [-0.25, -0.2) is 0 Å². The van der Waals surface area contributed by atoms with E-state index in [9.17, 15) is 9.90 Å². The predicted molar refractivity (Wildman–Crippen MR) is 101 cm³/mol. The van der Waals surface area contributed by atoms with Crippen LogP contribution in [-0.2, 0) is 4.79 Å². The summed E-state index contributed by atoms with van der Waals surface area (Å²) in [5.74, 6) is 3.30. The van der Waals surface area contributed by atoms with E-state index >= 15 is 0 Å². The number of carboxylic acids is 1. The second-order valence-electron chi connectivity index (χ2n) is 10.6. The average Bonchev–Trinajstić information content (AvgIpc) is 2.91. The largest absolute Gasteiger partial charge is 0.481 e. The van der Waals surface area contributed by atoms with Gasteiger partial charge in [-0.2, -0.15) is 0 Å². The van der Waals surface area contributed by atoms with Crippen molar-refractivity contribution < 1.29 is 9.90 Å². The highest BCUT2D eigenvalue weighted by Gasteiger charge is 2.65. The molecule has 4 aliphatic carbocycles. The van der Waals surface area contributed by atoms with E-state index in [1.807, 2.05) is 0 Å². The molecule has 0 aromatic rings. The van der Waals surface area contributed by atoms with Gasteiger partial charge in [0.25, 0.3) is 0 Å². The molecule has 1 unspecified atom stereocenters. The maximum Gasteiger partial charge on any atom is 0.310 e. The topological polar surface area (TPSA) is 37.3 Å². The van der Waals surface area contributed by atoms with Gasteiger partial charge in [0.15, 0.2) is 0 Å². The SMILES string of the molecule is CC(C)[C@H]1CC[C@H]2[C@@H]3CCC4(C(=O)O)CC=CC[C@]4(C)[C@H]3CC[C@]12C. The van der Waals surface area contributed by atoms with Gasteiger partial charge in [0.05, 0.1) is 5.41 Å². The van der Waals surface area contributed by atoms with Gasteiger partial charge in [0.1, 0.15) is 0 Å². The van der Waals surface area contributed by atoms with E-state index in [1.165, 1.54) is 25.7 Å². The fourth-order valence-electron chi connectivity index (χ4n) is 8.40. The molecule has 3 saturated carbocycles. The first-order chi connectivity index (χ1) is 11.8. The van der Waals surface area contributed by atoms with Crippen molar-refractivity contribution in [3.8, 4) is 0 Å². The highest BCUT2D eigenvalue weighted by atomic mass is 16.4. The number of carbonyl (C=O) groups is 1. The molecule has 0 saturated heterocycles. The summed E-state index contributed by atoms with van der Waals surface area (Å²) in [5.41, 5.74) is -0.0557. The standard InChI is InChI=1S/C23H36O2/c1-15(2)17-7-8-18-16-9-14-23(20(24)25)12-6-5-11-22(23,4)19(16)10-13-21(17,18)3/h5-6,15-19H,7-14H2,1-4H3,(H,24,25)/t16-,17+,18-,19-,21+,22+,23?/m0/s1. The van der Waals surface area contributed by atoms with Crippen LogP contribution in [-0.4, -0.2) is 11.1 Å². The molecule has 0 heterocycles. The van der Waals surface area contributed by atoms with Crippen molar-refractivity contribution >= 4 is 5.97 Å². The van der Waals surface area contributed by atoms with E-state index in [2.05, 4.69) is 39.8 Å². The number of aliphatic carboxylic acids is 1. The molecule has 3 fully saturated rings. The predicted octanol–water partition coefficient (Wildman–Crippen LogP) is 5.92. The Kier molecular flexibility index (Phi) is 3.95. The fraction of sp³-hybridized carbons (Fsp3) is 0.870. The third kappa shape index (κ3) is 2.12. The molecule has 0 aromatic carbocycles. The maximum absolute atomic E-state index is 12.4. The van der Waals surface area contributed by atoms with Crippen molar-refractivity contribution in [2.24, 2.45) is 45.8 Å². The molecule has 2 heteroatoms. The van der Waals surface area contributed by atoms with Crippen LogP contribution >= 0.6 is 0 Å². The maximum atomic E-state index is 12.4. The van der Waals surface area contributed by atoms with Crippen molar-refractivity contribution in [1.29, 1.82) is 0 Å². The van der Waals surface area contributed by atoms with Gasteiger partial charge in [0, 0.05) is 0 Å². The van der Waals surface area contributed by atoms with E-state index < -0.39 is 11.4 Å². The van der Waals surface area contributed by atoms with E-state index in [1.54, 1.807) is 0 Å². The fourth-order valence-corrected chi connectivity index (χ4v) is 8.40. The van der Waals surface area contributed by atoms with Crippen LogP contribution in [0.3, 0.4) is 0 Å². The second kappa shape index (κ2) is 5.60. The van der Waals surface area contributed by atoms with Gasteiger partial charge >= 0.3 is 5.97 Å². The summed E-state index contributed by atoms with van der Waals surface area (Å²) in [6.07, 6.45) is 13.5. The van der Waals surface area contributed by atoms with Gasteiger partial charge in [-0.05, 0) is 91.8 Å². The lowest BCUT2D eigenvalue weighted by Crippen LogP contribution is -2.59. The Hall–Kier alpha value is -0.790. The first kappa shape index (κ1) is 17.6. The minimum absolute atomic E-state index is 0.0479. The van der Waals surface area contributed by atoms with Crippen LogP contribution in [0.2, 0.25) is 0 Å². The van der Waals surface area contributed by atoms with Crippen molar-refractivity contribution in [3.05, 3.63) is 12.2 Å². The summed E-state index contributed by atoms with van der Waals surface area (Å²) in [6, 6.07) is 0. The second-order valence-corrected chi connectivity index (χ2v) is 10.6. The molecule has 2 nitrogen and oxygen atoms in total. The van der Waals surface area contributed by atoms with E-state index in [0.29, 0.717) is 11.3 Å². The number of carboxylic acid groups (broad SMARTS) is 1. The summed E-state index contributed by atoms with van der Waals surface area (Å²) >= 11 is 0. The lowest BCUT2D eigenvalue weighted by Gasteiger charge is -2.63. The molecule has 0 aliphatic heterocycles. The van der Waals surface area contributed by atoms with Crippen molar-refractivity contribution in [3.63, 3.8) is 0 Å².